The van der Waals surface area contributed by atoms with Crippen LogP contribution in [0.4, 0.5) is 5.69 Å². The van der Waals surface area contributed by atoms with Crippen molar-refractivity contribution in [1.29, 1.82) is 0 Å². The van der Waals surface area contributed by atoms with Crippen molar-refractivity contribution in [2.75, 3.05) is 38.1 Å². The molecule has 0 aliphatic carbocycles. The number of anilines is 1. The topological polar surface area (TPSA) is 49.6 Å². The summed E-state index contributed by atoms with van der Waals surface area (Å²) in [6, 6.07) is 2.14. The molecular formula is C15H24N6. The van der Waals surface area contributed by atoms with Crippen LogP contribution in [-0.2, 0) is 6.42 Å². The number of aromatic nitrogens is 4. The van der Waals surface area contributed by atoms with E-state index in [0.717, 1.165) is 36.5 Å². The molecule has 1 aliphatic heterocycles. The fraction of sp³-hybridized carbons (Fsp3) is 0.667. The average molecular weight is 288 g/mol. The van der Waals surface area contributed by atoms with Crippen molar-refractivity contribution in [2.45, 2.75) is 32.6 Å². The molecule has 1 aliphatic rings. The van der Waals surface area contributed by atoms with E-state index in [1.807, 2.05) is 0 Å². The van der Waals surface area contributed by atoms with Gasteiger partial charge in [-0.15, -0.1) is 10.2 Å². The quantitative estimate of drug-likeness (QED) is 0.836. The largest absolute Gasteiger partial charge is 0.370 e. The zero-order valence-electron chi connectivity index (χ0n) is 13.0. The average Bonchev–Trinajstić information content (AvgIpc) is 3.01. The van der Waals surface area contributed by atoms with Gasteiger partial charge in [0.1, 0.15) is 6.33 Å². The van der Waals surface area contributed by atoms with Crippen LogP contribution in [0.1, 0.15) is 31.9 Å². The van der Waals surface area contributed by atoms with Crippen molar-refractivity contribution in [3.8, 4) is 0 Å². The highest BCUT2D eigenvalue weighted by Crippen LogP contribution is 2.19. The van der Waals surface area contributed by atoms with Gasteiger partial charge in [0.05, 0.1) is 11.4 Å². The Labute approximate surface area is 125 Å². The van der Waals surface area contributed by atoms with Crippen LogP contribution in [0.2, 0.25) is 0 Å². The van der Waals surface area contributed by atoms with Gasteiger partial charge in [-0.1, -0.05) is 13.3 Å². The highest BCUT2D eigenvalue weighted by Gasteiger charge is 2.14. The predicted molar refractivity (Wildman–Crippen MR) is 83.7 cm³/mol. The van der Waals surface area contributed by atoms with Crippen LogP contribution in [0.3, 0.4) is 0 Å². The summed E-state index contributed by atoms with van der Waals surface area (Å²) < 4.78 is 1.78. The van der Waals surface area contributed by atoms with Crippen LogP contribution < -0.4 is 4.90 Å². The van der Waals surface area contributed by atoms with E-state index < -0.39 is 0 Å². The van der Waals surface area contributed by atoms with E-state index >= 15 is 0 Å². The summed E-state index contributed by atoms with van der Waals surface area (Å²) in [7, 11) is 2.13. The summed E-state index contributed by atoms with van der Waals surface area (Å²) >= 11 is 0. The molecule has 0 N–H and O–H groups in total. The maximum Gasteiger partial charge on any atom is 0.200 e. The van der Waals surface area contributed by atoms with Gasteiger partial charge in [0, 0.05) is 20.1 Å². The molecule has 2 aromatic rings. The third-order valence-electron chi connectivity index (χ3n) is 4.27. The Kier molecular flexibility index (Phi) is 4.34. The molecule has 0 spiro atoms. The SMILES string of the molecule is CCc1cc(N(C)CCN2CCCCC2)c2nncn2n1. The van der Waals surface area contributed by atoms with Crippen LogP contribution in [0.25, 0.3) is 5.65 Å². The molecule has 1 fully saturated rings. The number of aryl methyl sites for hydroxylation is 1. The van der Waals surface area contributed by atoms with Gasteiger partial charge in [-0.3, -0.25) is 0 Å². The fourth-order valence-electron chi connectivity index (χ4n) is 2.91. The highest BCUT2D eigenvalue weighted by atomic mass is 15.4. The predicted octanol–water partition coefficient (Wildman–Crippen LogP) is 1.61. The molecule has 2 aromatic heterocycles. The smallest absolute Gasteiger partial charge is 0.200 e. The molecule has 0 aromatic carbocycles. The van der Waals surface area contributed by atoms with Crippen molar-refractivity contribution < 1.29 is 0 Å². The van der Waals surface area contributed by atoms with E-state index in [2.05, 4.69) is 45.1 Å². The molecule has 114 valence electrons. The van der Waals surface area contributed by atoms with E-state index in [0.29, 0.717) is 0 Å². The van der Waals surface area contributed by atoms with Crippen LogP contribution in [0.5, 0.6) is 0 Å². The molecule has 0 atom stereocenters. The number of fused-ring (bicyclic) bond motifs is 1. The number of hydrogen-bond acceptors (Lipinski definition) is 5. The first kappa shape index (κ1) is 14.3. The van der Waals surface area contributed by atoms with Crippen LogP contribution >= 0.6 is 0 Å². The monoisotopic (exact) mass is 288 g/mol. The van der Waals surface area contributed by atoms with Gasteiger partial charge in [0.15, 0.2) is 0 Å². The molecule has 0 amide bonds. The van der Waals surface area contributed by atoms with Crippen LogP contribution in [-0.4, -0.2) is 57.9 Å². The highest BCUT2D eigenvalue weighted by molar-refractivity contribution is 5.67. The normalized spacial score (nSPS) is 16.5. The first-order chi connectivity index (χ1) is 10.3. The van der Waals surface area contributed by atoms with Gasteiger partial charge < -0.3 is 9.80 Å². The maximum atomic E-state index is 4.50. The van der Waals surface area contributed by atoms with Gasteiger partial charge in [-0.25, -0.2) is 0 Å². The van der Waals surface area contributed by atoms with E-state index in [1.54, 1.807) is 10.8 Å². The second-order valence-electron chi connectivity index (χ2n) is 5.80. The molecule has 0 unspecified atom stereocenters. The van der Waals surface area contributed by atoms with E-state index in [1.165, 1.54) is 32.4 Å². The first-order valence-electron chi connectivity index (χ1n) is 7.91. The Hall–Kier alpha value is -1.69. The summed E-state index contributed by atoms with van der Waals surface area (Å²) in [5, 5.41) is 12.7. The summed E-state index contributed by atoms with van der Waals surface area (Å²) in [6.45, 7) is 6.72. The number of hydrogen-bond donors (Lipinski definition) is 0. The van der Waals surface area contributed by atoms with Crippen LogP contribution in [0, 0.1) is 0 Å². The molecule has 3 heterocycles. The fourth-order valence-corrected chi connectivity index (χ4v) is 2.91. The zero-order valence-corrected chi connectivity index (χ0v) is 13.0. The minimum atomic E-state index is 0.841. The van der Waals surface area contributed by atoms with Gasteiger partial charge in [0.25, 0.3) is 0 Å². The van der Waals surface area contributed by atoms with Gasteiger partial charge in [0.2, 0.25) is 5.65 Å². The number of likely N-dealkylation sites (N-methyl/N-ethyl adjacent to an activating group) is 1. The third-order valence-corrected chi connectivity index (χ3v) is 4.27. The third kappa shape index (κ3) is 3.15. The zero-order chi connectivity index (χ0) is 14.7. The second kappa shape index (κ2) is 6.39. The summed E-state index contributed by atoms with van der Waals surface area (Å²) in [5.74, 6) is 0. The summed E-state index contributed by atoms with van der Waals surface area (Å²) in [4.78, 5) is 4.84. The minimum absolute atomic E-state index is 0.841. The number of piperidine rings is 1. The number of likely N-dealkylation sites (tertiary alicyclic amines) is 1. The Morgan fingerprint density at radius 2 is 2.05 bits per heavy atom. The van der Waals surface area contributed by atoms with Gasteiger partial charge in [-0.05, 0) is 38.4 Å². The van der Waals surface area contributed by atoms with Crippen molar-refractivity contribution >= 4 is 11.3 Å². The lowest BCUT2D eigenvalue weighted by Crippen LogP contribution is -2.36. The molecule has 6 nitrogen and oxygen atoms in total. The van der Waals surface area contributed by atoms with Gasteiger partial charge in [-0.2, -0.15) is 9.61 Å². The Morgan fingerprint density at radius 3 is 2.81 bits per heavy atom. The van der Waals surface area contributed by atoms with E-state index in [9.17, 15) is 0 Å². The van der Waals surface area contributed by atoms with Crippen molar-refractivity contribution in [2.24, 2.45) is 0 Å². The number of rotatable bonds is 5. The standard InChI is InChI=1S/C15H24N6/c1-3-13-11-14(15-17-16-12-21(15)18-13)19(2)9-10-20-7-5-4-6-8-20/h11-12H,3-10H2,1-2H3. The molecule has 3 rings (SSSR count). The lowest BCUT2D eigenvalue weighted by atomic mass is 10.1. The number of nitrogens with zero attached hydrogens (tertiary/aromatic N) is 6. The van der Waals surface area contributed by atoms with Gasteiger partial charge >= 0.3 is 0 Å². The first-order valence-corrected chi connectivity index (χ1v) is 7.91. The Morgan fingerprint density at radius 1 is 1.24 bits per heavy atom. The lowest BCUT2D eigenvalue weighted by molar-refractivity contribution is 0.234. The second-order valence-corrected chi connectivity index (χ2v) is 5.80. The molecule has 0 saturated carbocycles. The van der Waals surface area contributed by atoms with Crippen molar-refractivity contribution in [3.05, 3.63) is 18.1 Å². The summed E-state index contributed by atoms with van der Waals surface area (Å²) in [5.41, 5.74) is 3.03. The molecule has 0 bridgehead atoms. The van der Waals surface area contributed by atoms with Crippen molar-refractivity contribution in [1.82, 2.24) is 24.7 Å². The molecule has 21 heavy (non-hydrogen) atoms. The molecular weight excluding hydrogens is 264 g/mol. The molecule has 6 heteroatoms. The Bertz CT molecular complexity index is 587. The molecule has 0 radical (unpaired) electrons. The Balaban J connectivity index is 1.73. The summed E-state index contributed by atoms with van der Waals surface area (Å²) in [6.07, 6.45) is 6.66. The van der Waals surface area contributed by atoms with E-state index in [-0.39, 0.29) is 0 Å². The van der Waals surface area contributed by atoms with Crippen molar-refractivity contribution in [3.63, 3.8) is 0 Å². The van der Waals surface area contributed by atoms with E-state index in [4.69, 9.17) is 0 Å². The lowest BCUT2D eigenvalue weighted by Gasteiger charge is -2.29. The minimum Gasteiger partial charge on any atom is -0.370 e. The maximum absolute atomic E-state index is 4.50. The van der Waals surface area contributed by atoms with Crippen LogP contribution in [0.15, 0.2) is 12.4 Å². The molecule has 1 saturated heterocycles.